The van der Waals surface area contributed by atoms with Gasteiger partial charge in [0.15, 0.2) is 0 Å². The Labute approximate surface area is 128 Å². The molecule has 0 radical (unpaired) electrons. The molecule has 1 aromatic heterocycles. The summed E-state index contributed by atoms with van der Waals surface area (Å²) in [6, 6.07) is 6.75. The molecule has 2 aromatic rings. The zero-order valence-corrected chi connectivity index (χ0v) is 12.6. The van der Waals surface area contributed by atoms with E-state index in [4.69, 9.17) is 0 Å². The number of benzene rings is 1. The average molecular weight is 302 g/mol. The van der Waals surface area contributed by atoms with E-state index in [2.05, 4.69) is 5.10 Å². The van der Waals surface area contributed by atoms with Gasteiger partial charge in [-0.1, -0.05) is 12.1 Å². The summed E-state index contributed by atoms with van der Waals surface area (Å²) >= 11 is 0. The number of carbonyl (C=O) groups is 1. The number of aromatic nitrogens is 2. The van der Waals surface area contributed by atoms with E-state index in [1.807, 2.05) is 17.9 Å². The van der Waals surface area contributed by atoms with Crippen molar-refractivity contribution in [3.63, 3.8) is 0 Å². The van der Waals surface area contributed by atoms with Gasteiger partial charge in [0.2, 0.25) is 0 Å². The van der Waals surface area contributed by atoms with Gasteiger partial charge in [-0.25, -0.2) is 4.39 Å². The van der Waals surface area contributed by atoms with Crippen LogP contribution >= 0.6 is 0 Å². The van der Waals surface area contributed by atoms with Gasteiger partial charge < -0.3 is 9.80 Å². The van der Waals surface area contributed by atoms with Gasteiger partial charge in [-0.3, -0.25) is 9.48 Å². The molecule has 1 amide bonds. The van der Waals surface area contributed by atoms with Crippen LogP contribution in [-0.2, 0) is 6.54 Å². The maximum Gasteiger partial charge on any atom is 0.257 e. The summed E-state index contributed by atoms with van der Waals surface area (Å²) in [6.45, 7) is 5.17. The number of hydrogen-bond acceptors (Lipinski definition) is 3. The molecule has 0 N–H and O–H groups in total. The zero-order valence-electron chi connectivity index (χ0n) is 12.6. The number of rotatable bonds is 3. The monoisotopic (exact) mass is 302 g/mol. The molecule has 6 heteroatoms. The van der Waals surface area contributed by atoms with Crippen molar-refractivity contribution >= 4 is 11.6 Å². The maximum absolute atomic E-state index is 13.8. The molecule has 1 saturated heterocycles. The van der Waals surface area contributed by atoms with Crippen LogP contribution in [0.4, 0.5) is 10.1 Å². The first-order valence-corrected chi connectivity index (χ1v) is 7.50. The summed E-state index contributed by atoms with van der Waals surface area (Å²) in [5.74, 6) is -0.223. The summed E-state index contributed by atoms with van der Waals surface area (Å²) in [5.41, 5.74) is 1.22. The Balaban J connectivity index is 1.64. The molecule has 0 saturated carbocycles. The summed E-state index contributed by atoms with van der Waals surface area (Å²) in [5, 5.41) is 4.13. The maximum atomic E-state index is 13.8. The molecule has 0 bridgehead atoms. The second-order valence-corrected chi connectivity index (χ2v) is 5.32. The average Bonchev–Trinajstić information content (AvgIpc) is 3.04. The number of para-hydroxylation sites is 1. The first kappa shape index (κ1) is 14.6. The molecular weight excluding hydrogens is 283 g/mol. The van der Waals surface area contributed by atoms with Crippen molar-refractivity contribution < 1.29 is 9.18 Å². The number of aryl methyl sites for hydroxylation is 1. The predicted octanol–water partition coefficient (Wildman–Crippen LogP) is 2.00. The highest BCUT2D eigenvalue weighted by atomic mass is 19.1. The summed E-state index contributed by atoms with van der Waals surface area (Å²) in [7, 11) is 0. The topological polar surface area (TPSA) is 41.4 Å². The number of amides is 1. The molecule has 1 aromatic carbocycles. The predicted molar refractivity (Wildman–Crippen MR) is 82.4 cm³/mol. The van der Waals surface area contributed by atoms with Crippen LogP contribution in [0.5, 0.6) is 0 Å². The van der Waals surface area contributed by atoms with E-state index >= 15 is 0 Å². The quantitative estimate of drug-likeness (QED) is 0.871. The fraction of sp³-hybridized carbons (Fsp3) is 0.375. The molecule has 0 spiro atoms. The van der Waals surface area contributed by atoms with Crippen molar-refractivity contribution in [2.75, 3.05) is 31.1 Å². The Morgan fingerprint density at radius 1 is 1.23 bits per heavy atom. The Morgan fingerprint density at radius 2 is 1.95 bits per heavy atom. The van der Waals surface area contributed by atoms with Crippen molar-refractivity contribution in [2.24, 2.45) is 0 Å². The first-order chi connectivity index (χ1) is 10.7. The molecule has 2 heterocycles. The third-order valence-electron chi connectivity index (χ3n) is 3.96. The van der Waals surface area contributed by atoms with Gasteiger partial charge in [-0.05, 0) is 19.1 Å². The van der Waals surface area contributed by atoms with Crippen LogP contribution in [0.1, 0.15) is 17.3 Å². The number of carbonyl (C=O) groups excluding carboxylic acids is 1. The highest BCUT2D eigenvalue weighted by Gasteiger charge is 2.24. The van der Waals surface area contributed by atoms with Gasteiger partial charge in [0.05, 0.1) is 17.4 Å². The van der Waals surface area contributed by atoms with Gasteiger partial charge in [-0.2, -0.15) is 5.10 Å². The standard InChI is InChI=1S/C16H19FN4O/c1-2-21-12-13(11-18-21)16(22)20-9-7-19(8-10-20)15-6-4-3-5-14(15)17/h3-6,11-12H,2,7-10H2,1H3. The highest BCUT2D eigenvalue weighted by Crippen LogP contribution is 2.20. The highest BCUT2D eigenvalue weighted by molar-refractivity contribution is 5.93. The van der Waals surface area contributed by atoms with E-state index in [0.717, 1.165) is 6.54 Å². The van der Waals surface area contributed by atoms with Crippen LogP contribution in [0.25, 0.3) is 0 Å². The van der Waals surface area contributed by atoms with Crippen LogP contribution in [0.3, 0.4) is 0 Å². The normalized spacial score (nSPS) is 15.2. The second kappa shape index (κ2) is 6.17. The van der Waals surface area contributed by atoms with Crippen LogP contribution in [0.15, 0.2) is 36.7 Å². The Morgan fingerprint density at radius 3 is 2.59 bits per heavy atom. The lowest BCUT2D eigenvalue weighted by molar-refractivity contribution is 0.0746. The lowest BCUT2D eigenvalue weighted by atomic mass is 10.2. The Bertz CT molecular complexity index is 662. The van der Waals surface area contributed by atoms with E-state index in [1.54, 1.807) is 34.1 Å². The molecule has 116 valence electrons. The molecule has 1 aliphatic rings. The van der Waals surface area contributed by atoms with E-state index in [0.29, 0.717) is 37.4 Å². The van der Waals surface area contributed by atoms with Gasteiger partial charge in [0, 0.05) is 38.9 Å². The molecule has 1 aliphatic heterocycles. The number of halogens is 1. The van der Waals surface area contributed by atoms with Crippen LogP contribution in [0, 0.1) is 5.82 Å². The molecule has 1 fully saturated rings. The lowest BCUT2D eigenvalue weighted by Crippen LogP contribution is -2.49. The Hall–Kier alpha value is -2.37. The van der Waals surface area contributed by atoms with Crippen molar-refractivity contribution in [3.05, 3.63) is 48.0 Å². The zero-order chi connectivity index (χ0) is 15.5. The van der Waals surface area contributed by atoms with Crippen molar-refractivity contribution in [1.29, 1.82) is 0 Å². The van der Waals surface area contributed by atoms with Crippen molar-refractivity contribution in [2.45, 2.75) is 13.5 Å². The summed E-state index contributed by atoms with van der Waals surface area (Å²) < 4.78 is 15.5. The van der Waals surface area contributed by atoms with E-state index in [-0.39, 0.29) is 11.7 Å². The summed E-state index contributed by atoms with van der Waals surface area (Å²) in [4.78, 5) is 16.2. The molecule has 0 atom stereocenters. The van der Waals surface area contributed by atoms with Gasteiger partial charge >= 0.3 is 0 Å². The first-order valence-electron chi connectivity index (χ1n) is 7.50. The smallest absolute Gasteiger partial charge is 0.257 e. The SMILES string of the molecule is CCn1cc(C(=O)N2CCN(c3ccccc3F)CC2)cn1. The fourth-order valence-corrected chi connectivity index (χ4v) is 2.69. The Kier molecular flexibility index (Phi) is 4.09. The van der Waals surface area contributed by atoms with E-state index in [1.165, 1.54) is 6.07 Å². The molecule has 0 unspecified atom stereocenters. The third kappa shape index (κ3) is 2.81. The van der Waals surface area contributed by atoms with Gasteiger partial charge in [0.25, 0.3) is 5.91 Å². The molecule has 5 nitrogen and oxygen atoms in total. The summed E-state index contributed by atoms with van der Waals surface area (Å²) in [6.07, 6.45) is 3.38. The number of anilines is 1. The van der Waals surface area contributed by atoms with Crippen molar-refractivity contribution in [3.8, 4) is 0 Å². The van der Waals surface area contributed by atoms with Gasteiger partial charge in [0.1, 0.15) is 5.82 Å². The lowest BCUT2D eigenvalue weighted by Gasteiger charge is -2.36. The van der Waals surface area contributed by atoms with Crippen molar-refractivity contribution in [1.82, 2.24) is 14.7 Å². The molecular formula is C16H19FN4O. The number of piperazine rings is 1. The second-order valence-electron chi connectivity index (χ2n) is 5.32. The fourth-order valence-electron chi connectivity index (χ4n) is 2.69. The largest absolute Gasteiger partial charge is 0.366 e. The molecule has 22 heavy (non-hydrogen) atoms. The van der Waals surface area contributed by atoms with E-state index in [9.17, 15) is 9.18 Å². The van der Waals surface area contributed by atoms with Crippen LogP contribution < -0.4 is 4.90 Å². The number of hydrogen-bond donors (Lipinski definition) is 0. The van der Waals surface area contributed by atoms with Crippen LogP contribution in [-0.4, -0.2) is 46.8 Å². The third-order valence-corrected chi connectivity index (χ3v) is 3.96. The minimum atomic E-state index is -0.216. The van der Waals surface area contributed by atoms with Crippen LogP contribution in [0.2, 0.25) is 0 Å². The minimum absolute atomic E-state index is 0.00659. The van der Waals surface area contributed by atoms with E-state index < -0.39 is 0 Å². The minimum Gasteiger partial charge on any atom is -0.366 e. The molecule has 3 rings (SSSR count). The molecule has 0 aliphatic carbocycles. The number of nitrogens with zero attached hydrogens (tertiary/aromatic N) is 4. The van der Waals surface area contributed by atoms with Gasteiger partial charge in [-0.15, -0.1) is 0 Å².